The molecule has 2 heterocycles. The van der Waals surface area contributed by atoms with Crippen molar-refractivity contribution in [2.75, 3.05) is 44.7 Å². The Morgan fingerprint density at radius 1 is 1.14 bits per heavy atom. The number of nitrogens with zero attached hydrogens (tertiary/aromatic N) is 4. The van der Waals surface area contributed by atoms with Crippen LogP contribution in [0.3, 0.4) is 0 Å². The van der Waals surface area contributed by atoms with Crippen LogP contribution in [0.15, 0.2) is 30.5 Å². The molecule has 0 radical (unpaired) electrons. The monoisotopic (exact) mass is 420 g/mol. The minimum absolute atomic E-state index is 0.113. The maximum absolute atomic E-state index is 12.7. The van der Waals surface area contributed by atoms with Gasteiger partial charge in [0.1, 0.15) is 15.6 Å². The number of carbonyl (C=O) groups excluding carboxylic acids is 1. The van der Waals surface area contributed by atoms with Crippen LogP contribution < -0.4 is 4.74 Å². The summed E-state index contributed by atoms with van der Waals surface area (Å²) < 4.78 is 30.0. The van der Waals surface area contributed by atoms with Crippen molar-refractivity contribution in [2.24, 2.45) is 0 Å². The van der Waals surface area contributed by atoms with Gasteiger partial charge in [0.25, 0.3) is 5.91 Å². The number of rotatable bonds is 7. The molecule has 1 aliphatic rings. The molecule has 8 nitrogen and oxygen atoms in total. The average molecular weight is 421 g/mol. The van der Waals surface area contributed by atoms with Crippen LogP contribution in [0.25, 0.3) is 0 Å². The summed E-state index contributed by atoms with van der Waals surface area (Å²) in [5.74, 6) is 0.827. The Hall–Kier alpha value is -2.39. The van der Waals surface area contributed by atoms with E-state index in [2.05, 4.69) is 16.1 Å². The van der Waals surface area contributed by atoms with Crippen LogP contribution in [-0.2, 0) is 16.6 Å². The summed E-state index contributed by atoms with van der Waals surface area (Å²) in [7, 11) is -2.97. The molecule has 0 atom stereocenters. The summed E-state index contributed by atoms with van der Waals surface area (Å²) in [6.45, 7) is 7.23. The molecule has 9 heteroatoms. The first kappa shape index (κ1) is 21.3. The first-order chi connectivity index (χ1) is 13.7. The van der Waals surface area contributed by atoms with Crippen molar-refractivity contribution in [1.29, 1.82) is 0 Å². The fraction of sp³-hybridized carbons (Fsp3) is 0.500. The molecule has 1 saturated heterocycles. The van der Waals surface area contributed by atoms with Gasteiger partial charge in [-0.3, -0.25) is 9.69 Å². The lowest BCUT2D eigenvalue weighted by atomic mass is 10.1. The highest BCUT2D eigenvalue weighted by Gasteiger charge is 2.24. The van der Waals surface area contributed by atoms with Gasteiger partial charge in [0.2, 0.25) is 0 Å². The summed E-state index contributed by atoms with van der Waals surface area (Å²) in [6.07, 6.45) is 2.98. The maximum Gasteiger partial charge on any atom is 0.274 e. The summed E-state index contributed by atoms with van der Waals surface area (Å²) in [5, 5.41) is 4.34. The van der Waals surface area contributed by atoms with Gasteiger partial charge in [-0.05, 0) is 31.5 Å². The van der Waals surface area contributed by atoms with Crippen molar-refractivity contribution in [3.8, 4) is 5.75 Å². The van der Waals surface area contributed by atoms with Crippen molar-refractivity contribution in [1.82, 2.24) is 19.6 Å². The van der Waals surface area contributed by atoms with Crippen molar-refractivity contribution >= 4 is 15.7 Å². The molecular formula is C20H28N4O4S. The topological polar surface area (TPSA) is 84.7 Å². The predicted octanol–water partition coefficient (Wildman–Crippen LogP) is 1.34. The van der Waals surface area contributed by atoms with Crippen LogP contribution in [0.4, 0.5) is 0 Å². The van der Waals surface area contributed by atoms with Gasteiger partial charge in [-0.25, -0.2) is 13.1 Å². The number of sulfone groups is 1. The first-order valence-corrected chi connectivity index (χ1v) is 11.7. The van der Waals surface area contributed by atoms with Crippen LogP contribution in [0.5, 0.6) is 5.75 Å². The fourth-order valence-corrected chi connectivity index (χ4v) is 3.87. The largest absolute Gasteiger partial charge is 0.471 e. The zero-order chi connectivity index (χ0) is 21.0. The van der Waals surface area contributed by atoms with Gasteiger partial charge in [-0.2, -0.15) is 5.10 Å². The molecule has 0 spiro atoms. The number of amides is 1. The third-order valence-corrected chi connectivity index (χ3v) is 5.90. The Morgan fingerprint density at radius 2 is 1.86 bits per heavy atom. The third-order valence-electron chi connectivity index (χ3n) is 4.98. The summed E-state index contributed by atoms with van der Waals surface area (Å²) in [4.78, 5) is 16.5. The van der Waals surface area contributed by atoms with E-state index in [1.165, 1.54) is 11.8 Å². The zero-order valence-electron chi connectivity index (χ0n) is 17.2. The number of aryl methyl sites for hydroxylation is 2. The van der Waals surface area contributed by atoms with Crippen molar-refractivity contribution < 1.29 is 17.9 Å². The second kappa shape index (κ2) is 8.96. The van der Waals surface area contributed by atoms with E-state index in [1.54, 1.807) is 21.8 Å². The molecule has 0 N–H and O–H groups in total. The summed E-state index contributed by atoms with van der Waals surface area (Å²) in [6, 6.07) is 7.69. The van der Waals surface area contributed by atoms with Crippen molar-refractivity contribution in [3.63, 3.8) is 0 Å². The van der Waals surface area contributed by atoms with Crippen molar-refractivity contribution in [3.05, 3.63) is 47.3 Å². The second-order valence-corrected chi connectivity index (χ2v) is 9.81. The maximum atomic E-state index is 12.7. The molecule has 1 aliphatic heterocycles. The molecular weight excluding hydrogens is 392 g/mol. The molecule has 29 heavy (non-hydrogen) atoms. The van der Waals surface area contributed by atoms with Gasteiger partial charge in [-0.15, -0.1) is 0 Å². The molecule has 1 fully saturated rings. The van der Waals surface area contributed by atoms with E-state index in [1.807, 2.05) is 26.0 Å². The molecule has 158 valence electrons. The normalized spacial score (nSPS) is 15.5. The standard InChI is InChI=1S/C20H28N4O4S/c1-16-4-5-19(17(2)14-16)28-15-24-7-6-18(21-24)20(25)23-10-8-22(9-11-23)12-13-29(3,26)27/h4-7,14H,8-13,15H2,1-3H3. The van der Waals surface area contributed by atoms with Crippen LogP contribution in [0.2, 0.25) is 0 Å². The first-order valence-electron chi connectivity index (χ1n) is 9.64. The smallest absolute Gasteiger partial charge is 0.274 e. The highest BCUT2D eigenvalue weighted by Crippen LogP contribution is 2.19. The zero-order valence-corrected chi connectivity index (χ0v) is 18.0. The Bertz CT molecular complexity index is 963. The van der Waals surface area contributed by atoms with E-state index in [4.69, 9.17) is 4.74 Å². The number of ether oxygens (including phenoxy) is 1. The lowest BCUT2D eigenvalue weighted by molar-refractivity contribution is 0.0636. The minimum atomic E-state index is -2.97. The van der Waals surface area contributed by atoms with Crippen LogP contribution in [-0.4, -0.2) is 78.6 Å². The Balaban J connectivity index is 1.50. The molecule has 0 unspecified atom stereocenters. The van der Waals surface area contributed by atoms with Crippen LogP contribution >= 0.6 is 0 Å². The quantitative estimate of drug-likeness (QED) is 0.672. The van der Waals surface area contributed by atoms with Gasteiger partial charge in [-0.1, -0.05) is 17.7 Å². The summed E-state index contributed by atoms with van der Waals surface area (Å²) >= 11 is 0. The number of piperazine rings is 1. The molecule has 0 aliphatic carbocycles. The third kappa shape index (κ3) is 6.04. The molecule has 0 saturated carbocycles. The van der Waals surface area contributed by atoms with Gasteiger partial charge in [0.15, 0.2) is 12.4 Å². The lowest BCUT2D eigenvalue weighted by Gasteiger charge is -2.34. The lowest BCUT2D eigenvalue weighted by Crippen LogP contribution is -2.49. The molecule has 0 bridgehead atoms. The number of aromatic nitrogens is 2. The molecule has 1 aromatic carbocycles. The number of benzene rings is 1. The highest BCUT2D eigenvalue weighted by molar-refractivity contribution is 7.90. The highest BCUT2D eigenvalue weighted by atomic mass is 32.2. The van der Waals surface area contributed by atoms with E-state index >= 15 is 0 Å². The molecule has 1 amide bonds. The average Bonchev–Trinajstić information content (AvgIpc) is 3.14. The van der Waals surface area contributed by atoms with E-state index in [9.17, 15) is 13.2 Å². The van der Waals surface area contributed by atoms with E-state index < -0.39 is 9.84 Å². The van der Waals surface area contributed by atoms with Gasteiger partial charge < -0.3 is 9.64 Å². The van der Waals surface area contributed by atoms with E-state index in [-0.39, 0.29) is 18.4 Å². The van der Waals surface area contributed by atoms with Crippen molar-refractivity contribution in [2.45, 2.75) is 20.6 Å². The van der Waals surface area contributed by atoms with E-state index in [0.717, 1.165) is 11.3 Å². The Labute approximate surface area is 172 Å². The number of carbonyl (C=O) groups is 1. The predicted molar refractivity (Wildman–Crippen MR) is 111 cm³/mol. The molecule has 1 aromatic heterocycles. The number of hydrogen-bond donors (Lipinski definition) is 0. The van der Waals surface area contributed by atoms with Gasteiger partial charge >= 0.3 is 0 Å². The van der Waals surface area contributed by atoms with Gasteiger partial charge in [0.05, 0.1) is 5.75 Å². The van der Waals surface area contributed by atoms with Crippen LogP contribution in [0, 0.1) is 13.8 Å². The summed E-state index contributed by atoms with van der Waals surface area (Å²) in [5.41, 5.74) is 2.62. The molecule has 3 rings (SSSR count). The molecule has 2 aromatic rings. The SMILES string of the molecule is Cc1ccc(OCn2ccc(C(=O)N3CCN(CCS(C)(=O)=O)CC3)n2)c(C)c1. The Morgan fingerprint density at radius 3 is 2.52 bits per heavy atom. The fourth-order valence-electron chi connectivity index (χ4n) is 3.28. The Kier molecular flexibility index (Phi) is 6.59. The second-order valence-electron chi connectivity index (χ2n) is 7.55. The number of hydrogen-bond acceptors (Lipinski definition) is 6. The van der Waals surface area contributed by atoms with Crippen LogP contribution in [0.1, 0.15) is 21.6 Å². The minimum Gasteiger partial charge on any atom is -0.471 e. The van der Waals surface area contributed by atoms with E-state index in [0.29, 0.717) is 38.4 Å². The van der Waals surface area contributed by atoms with Gasteiger partial charge in [0, 0.05) is 45.2 Å².